The van der Waals surface area contributed by atoms with Gasteiger partial charge in [0.15, 0.2) is 0 Å². The van der Waals surface area contributed by atoms with Crippen molar-refractivity contribution in [3.8, 4) is 0 Å². The van der Waals surface area contributed by atoms with E-state index in [-0.39, 0.29) is 24.1 Å². The lowest BCUT2D eigenvalue weighted by Crippen LogP contribution is -2.51. The minimum atomic E-state index is -2.07. The van der Waals surface area contributed by atoms with E-state index in [1.807, 2.05) is 36.4 Å². The lowest BCUT2D eigenvalue weighted by Gasteiger charge is -2.45. The Morgan fingerprint density at radius 1 is 0.853 bits per heavy atom. The van der Waals surface area contributed by atoms with E-state index in [2.05, 4.69) is 53.7 Å². The van der Waals surface area contributed by atoms with Crippen LogP contribution < -0.4 is 0 Å². The molecule has 3 atom stereocenters. The van der Waals surface area contributed by atoms with Crippen LogP contribution in [-0.2, 0) is 20.5 Å². The van der Waals surface area contributed by atoms with Crippen molar-refractivity contribution >= 4 is 14.3 Å². The molecule has 0 heterocycles. The second-order valence-corrected chi connectivity index (χ2v) is 16.0. The van der Waals surface area contributed by atoms with Crippen molar-refractivity contribution in [3.05, 3.63) is 71.8 Å². The highest BCUT2D eigenvalue weighted by Gasteiger charge is 2.49. The van der Waals surface area contributed by atoms with Gasteiger partial charge in [-0.2, -0.15) is 0 Å². The molecule has 34 heavy (non-hydrogen) atoms. The maximum atomic E-state index is 12.7. The Bertz CT molecular complexity index is 860. The summed E-state index contributed by atoms with van der Waals surface area (Å²) in [6, 6.07) is 19.5. The van der Waals surface area contributed by atoms with Crippen molar-refractivity contribution in [2.75, 3.05) is 6.61 Å². The molecule has 1 aliphatic carbocycles. The molecule has 1 fully saturated rings. The van der Waals surface area contributed by atoms with Gasteiger partial charge in [0.25, 0.3) is 0 Å². The predicted molar refractivity (Wildman–Crippen MR) is 140 cm³/mol. The van der Waals surface area contributed by atoms with Crippen LogP contribution in [0.3, 0.4) is 0 Å². The molecule has 0 aromatic heterocycles. The number of hydrogen-bond donors (Lipinski definition) is 0. The molecule has 2 aromatic carbocycles. The van der Waals surface area contributed by atoms with E-state index in [4.69, 9.17) is 13.9 Å². The van der Waals surface area contributed by atoms with Crippen LogP contribution in [0.5, 0.6) is 0 Å². The monoisotopic (exact) mass is 482 g/mol. The van der Waals surface area contributed by atoms with E-state index >= 15 is 0 Å². The highest BCUT2D eigenvalue weighted by molar-refractivity contribution is 6.77. The van der Waals surface area contributed by atoms with Gasteiger partial charge in [0, 0.05) is 12.3 Å². The molecule has 3 unspecified atom stereocenters. The topological polar surface area (TPSA) is 44.8 Å². The van der Waals surface area contributed by atoms with Gasteiger partial charge in [0.2, 0.25) is 8.32 Å². The van der Waals surface area contributed by atoms with Gasteiger partial charge in [0.05, 0.1) is 24.9 Å². The first-order chi connectivity index (χ1) is 16.2. The number of ether oxygens (including phenoxy) is 2. The van der Waals surface area contributed by atoms with Gasteiger partial charge in [0.1, 0.15) is 6.10 Å². The minimum Gasteiger partial charge on any atom is -0.459 e. The molecule has 186 valence electrons. The van der Waals surface area contributed by atoms with Gasteiger partial charge in [-0.05, 0) is 40.7 Å². The standard InChI is InChI=1S/C29H42O4Si/c1-21(2)34(22(3)4,23(5)6)33-28-18-27(32-29(30)25-15-11-8-12-16-25)17-26(28)20-31-19-24-13-9-7-10-14-24/h7-16,21-23,26-28H,17-20H2,1-6H3. The summed E-state index contributed by atoms with van der Waals surface area (Å²) in [5.41, 5.74) is 3.28. The molecular formula is C29H42O4Si. The third kappa shape index (κ3) is 6.38. The van der Waals surface area contributed by atoms with Crippen molar-refractivity contribution in [2.24, 2.45) is 5.92 Å². The Labute approximate surface area is 207 Å². The first-order valence-corrected chi connectivity index (χ1v) is 14.9. The number of hydrogen-bond acceptors (Lipinski definition) is 4. The van der Waals surface area contributed by atoms with Crippen LogP contribution in [0, 0.1) is 5.92 Å². The molecule has 5 heteroatoms. The van der Waals surface area contributed by atoms with Crippen LogP contribution >= 0.6 is 0 Å². The lowest BCUT2D eigenvalue weighted by atomic mass is 10.1. The maximum Gasteiger partial charge on any atom is 0.338 e. The molecule has 0 N–H and O–H groups in total. The molecule has 0 saturated heterocycles. The maximum absolute atomic E-state index is 12.7. The number of benzene rings is 2. The summed E-state index contributed by atoms with van der Waals surface area (Å²) in [6.45, 7) is 15.1. The van der Waals surface area contributed by atoms with Crippen molar-refractivity contribution in [1.29, 1.82) is 0 Å². The summed E-state index contributed by atoms with van der Waals surface area (Å²) in [5.74, 6) is -0.0456. The third-order valence-corrected chi connectivity index (χ3v) is 13.5. The van der Waals surface area contributed by atoms with Crippen molar-refractivity contribution in [1.82, 2.24) is 0 Å². The average molecular weight is 483 g/mol. The second kappa shape index (κ2) is 12.1. The van der Waals surface area contributed by atoms with Crippen molar-refractivity contribution < 1.29 is 18.7 Å². The zero-order chi connectivity index (χ0) is 24.7. The molecule has 3 rings (SSSR count). The number of carbonyl (C=O) groups is 1. The van der Waals surface area contributed by atoms with Crippen LogP contribution in [-0.4, -0.2) is 33.1 Å². The van der Waals surface area contributed by atoms with Crippen LogP contribution in [0.4, 0.5) is 0 Å². The van der Waals surface area contributed by atoms with E-state index in [0.717, 1.165) is 12.8 Å². The van der Waals surface area contributed by atoms with Gasteiger partial charge >= 0.3 is 5.97 Å². The normalized spacial score (nSPS) is 20.9. The van der Waals surface area contributed by atoms with Gasteiger partial charge in [-0.25, -0.2) is 4.79 Å². The van der Waals surface area contributed by atoms with E-state index in [1.165, 1.54) is 5.56 Å². The van der Waals surface area contributed by atoms with Gasteiger partial charge < -0.3 is 13.9 Å². The van der Waals surface area contributed by atoms with E-state index in [0.29, 0.717) is 35.4 Å². The van der Waals surface area contributed by atoms with Crippen LogP contribution in [0.25, 0.3) is 0 Å². The van der Waals surface area contributed by atoms with Gasteiger partial charge in [-0.15, -0.1) is 0 Å². The lowest BCUT2D eigenvalue weighted by molar-refractivity contribution is 0.0283. The Balaban J connectivity index is 1.74. The highest BCUT2D eigenvalue weighted by Crippen LogP contribution is 2.46. The zero-order valence-corrected chi connectivity index (χ0v) is 22.7. The van der Waals surface area contributed by atoms with E-state index < -0.39 is 8.32 Å². The number of esters is 1. The largest absolute Gasteiger partial charge is 0.459 e. The Kier molecular flexibility index (Phi) is 9.52. The average Bonchev–Trinajstić information content (AvgIpc) is 3.18. The molecule has 0 bridgehead atoms. The summed E-state index contributed by atoms with van der Waals surface area (Å²) in [6.07, 6.45) is 1.40. The molecule has 1 saturated carbocycles. The zero-order valence-electron chi connectivity index (χ0n) is 21.7. The fourth-order valence-electron chi connectivity index (χ4n) is 5.82. The van der Waals surface area contributed by atoms with Crippen molar-refractivity contribution in [2.45, 2.75) is 89.8 Å². The third-order valence-electron chi connectivity index (χ3n) is 7.38. The SMILES string of the molecule is CC(C)[Si](OC1CC(OC(=O)c2ccccc2)CC1COCc1ccccc1)(C(C)C)C(C)C. The van der Waals surface area contributed by atoms with Crippen LogP contribution in [0.1, 0.15) is 70.3 Å². The molecule has 2 aromatic rings. The molecule has 4 nitrogen and oxygen atoms in total. The molecular weight excluding hydrogens is 440 g/mol. The van der Waals surface area contributed by atoms with Crippen molar-refractivity contribution in [3.63, 3.8) is 0 Å². The Morgan fingerprint density at radius 2 is 1.41 bits per heavy atom. The number of rotatable bonds is 11. The summed E-state index contributed by atoms with van der Waals surface area (Å²) in [7, 11) is -2.07. The van der Waals surface area contributed by atoms with E-state index in [1.54, 1.807) is 12.1 Å². The smallest absolute Gasteiger partial charge is 0.338 e. The fraction of sp³-hybridized carbons (Fsp3) is 0.552. The number of carbonyl (C=O) groups excluding carboxylic acids is 1. The highest BCUT2D eigenvalue weighted by atomic mass is 28.4. The molecule has 0 spiro atoms. The molecule has 0 aliphatic heterocycles. The Morgan fingerprint density at radius 3 is 1.97 bits per heavy atom. The first kappa shape index (κ1) is 26.6. The fourth-order valence-corrected chi connectivity index (χ4v) is 11.4. The molecule has 0 radical (unpaired) electrons. The van der Waals surface area contributed by atoms with Gasteiger partial charge in [-0.3, -0.25) is 0 Å². The van der Waals surface area contributed by atoms with Crippen LogP contribution in [0.2, 0.25) is 16.6 Å². The summed E-state index contributed by atoms with van der Waals surface area (Å²) in [5, 5.41) is 0. The molecule has 1 aliphatic rings. The molecule has 0 amide bonds. The quantitative estimate of drug-likeness (QED) is 0.247. The summed E-state index contributed by atoms with van der Waals surface area (Å²) >= 11 is 0. The minimum absolute atomic E-state index is 0.0446. The first-order valence-electron chi connectivity index (χ1n) is 12.8. The van der Waals surface area contributed by atoms with E-state index in [9.17, 15) is 4.79 Å². The van der Waals surface area contributed by atoms with Crippen LogP contribution in [0.15, 0.2) is 60.7 Å². The summed E-state index contributed by atoms with van der Waals surface area (Å²) < 4.78 is 19.3. The predicted octanol–water partition coefficient (Wildman–Crippen LogP) is 7.40. The Hall–Kier alpha value is -1.95. The second-order valence-electron chi connectivity index (χ2n) is 10.6. The summed E-state index contributed by atoms with van der Waals surface area (Å²) in [4.78, 5) is 12.7. The van der Waals surface area contributed by atoms with Gasteiger partial charge in [-0.1, -0.05) is 90.1 Å².